The Balaban J connectivity index is 1.42. The van der Waals surface area contributed by atoms with Crippen molar-refractivity contribution in [3.63, 3.8) is 0 Å². The van der Waals surface area contributed by atoms with Gasteiger partial charge in [0.25, 0.3) is 5.91 Å². The third-order valence-electron chi connectivity index (χ3n) is 4.41. The number of amides is 1. The van der Waals surface area contributed by atoms with E-state index >= 15 is 0 Å². The van der Waals surface area contributed by atoms with Gasteiger partial charge in [-0.1, -0.05) is 29.8 Å². The van der Waals surface area contributed by atoms with Gasteiger partial charge in [0.05, 0.1) is 29.1 Å². The van der Waals surface area contributed by atoms with Crippen molar-refractivity contribution in [1.82, 2.24) is 5.32 Å². The summed E-state index contributed by atoms with van der Waals surface area (Å²) in [6.07, 6.45) is 0.329. The Morgan fingerprint density at radius 3 is 2.89 bits per heavy atom. The van der Waals surface area contributed by atoms with Crippen LogP contribution in [0.5, 0.6) is 5.75 Å². The van der Waals surface area contributed by atoms with Crippen molar-refractivity contribution in [3.05, 3.63) is 63.5 Å². The Morgan fingerprint density at radius 1 is 1.30 bits per heavy atom. The van der Waals surface area contributed by atoms with E-state index < -0.39 is 5.97 Å². The Hall–Kier alpha value is -2.57. The van der Waals surface area contributed by atoms with Crippen LogP contribution in [0, 0.1) is 0 Å². The zero-order chi connectivity index (χ0) is 19.0. The topological polar surface area (TPSA) is 64.6 Å². The standard InChI is InChI=1S/C20H16ClNO4S/c1-25-20(24)13-6-12-7-14(26-18(12)15(21)8-13)10-22-19(23)17-9-11-4-2-3-5-16(11)27-17/h2-6,8-9,14H,7,10H2,1H3,(H,22,23)/t14-/m0/s1. The van der Waals surface area contributed by atoms with Gasteiger partial charge in [0.1, 0.15) is 11.9 Å². The van der Waals surface area contributed by atoms with Crippen LogP contribution in [-0.2, 0) is 11.2 Å². The first-order valence-corrected chi connectivity index (χ1v) is 9.59. The molecule has 0 spiro atoms. The van der Waals surface area contributed by atoms with E-state index in [1.54, 1.807) is 6.07 Å². The molecule has 0 radical (unpaired) electrons. The van der Waals surface area contributed by atoms with Crippen LogP contribution in [0.4, 0.5) is 0 Å². The van der Waals surface area contributed by atoms with Gasteiger partial charge in [-0.25, -0.2) is 4.79 Å². The molecule has 4 rings (SSSR count). The number of carbonyl (C=O) groups is 2. The minimum atomic E-state index is -0.443. The molecular formula is C20H16ClNO4S. The molecule has 27 heavy (non-hydrogen) atoms. The third-order valence-corrected chi connectivity index (χ3v) is 5.81. The van der Waals surface area contributed by atoms with E-state index in [4.69, 9.17) is 21.1 Å². The van der Waals surface area contributed by atoms with Gasteiger partial charge in [0.15, 0.2) is 0 Å². The van der Waals surface area contributed by atoms with Gasteiger partial charge in [-0.2, -0.15) is 0 Å². The van der Waals surface area contributed by atoms with E-state index in [1.165, 1.54) is 24.5 Å². The van der Waals surface area contributed by atoms with Crippen LogP contribution in [-0.4, -0.2) is 31.6 Å². The summed E-state index contributed by atoms with van der Waals surface area (Å²) in [5.74, 6) is -0.0104. The average Bonchev–Trinajstić information content (AvgIpc) is 3.29. The second-order valence-corrected chi connectivity index (χ2v) is 7.73. The van der Waals surface area contributed by atoms with E-state index in [2.05, 4.69) is 5.32 Å². The second-order valence-electron chi connectivity index (χ2n) is 6.24. The Labute approximate surface area is 164 Å². The molecule has 3 aromatic rings. The summed E-state index contributed by atoms with van der Waals surface area (Å²) in [6.45, 7) is 0.353. The highest BCUT2D eigenvalue weighted by Gasteiger charge is 2.27. The first kappa shape index (κ1) is 17.8. The first-order valence-electron chi connectivity index (χ1n) is 8.39. The van der Waals surface area contributed by atoms with Gasteiger partial charge in [0, 0.05) is 16.7 Å². The zero-order valence-corrected chi connectivity index (χ0v) is 16.0. The van der Waals surface area contributed by atoms with E-state index in [0.717, 1.165) is 15.6 Å². The fraction of sp³-hybridized carbons (Fsp3) is 0.200. The van der Waals surface area contributed by atoms with E-state index in [0.29, 0.717) is 34.2 Å². The van der Waals surface area contributed by atoms with Crippen LogP contribution in [0.15, 0.2) is 42.5 Å². The lowest BCUT2D eigenvalue weighted by Gasteiger charge is -2.11. The Kier molecular flexibility index (Phi) is 4.76. The molecule has 0 saturated carbocycles. The molecular weight excluding hydrogens is 386 g/mol. The Morgan fingerprint density at radius 2 is 2.11 bits per heavy atom. The normalized spacial score (nSPS) is 15.3. The lowest BCUT2D eigenvalue weighted by Crippen LogP contribution is -2.34. The number of thiophene rings is 1. The number of hydrogen-bond donors (Lipinski definition) is 1. The van der Waals surface area contributed by atoms with E-state index in [-0.39, 0.29) is 12.0 Å². The molecule has 0 bridgehead atoms. The van der Waals surface area contributed by atoms with Crippen LogP contribution in [0.2, 0.25) is 5.02 Å². The molecule has 7 heteroatoms. The van der Waals surface area contributed by atoms with Gasteiger partial charge in [0.2, 0.25) is 0 Å². The zero-order valence-electron chi connectivity index (χ0n) is 14.5. The van der Waals surface area contributed by atoms with Crippen molar-refractivity contribution < 1.29 is 19.1 Å². The van der Waals surface area contributed by atoms with Gasteiger partial charge in [-0.3, -0.25) is 4.79 Å². The van der Waals surface area contributed by atoms with Crippen LogP contribution < -0.4 is 10.1 Å². The number of fused-ring (bicyclic) bond motifs is 2. The van der Waals surface area contributed by atoms with Crippen molar-refractivity contribution >= 4 is 44.9 Å². The molecule has 5 nitrogen and oxygen atoms in total. The highest BCUT2D eigenvalue weighted by atomic mass is 35.5. The maximum atomic E-state index is 12.4. The maximum absolute atomic E-state index is 12.4. The number of hydrogen-bond acceptors (Lipinski definition) is 5. The molecule has 0 fully saturated rings. The Bertz CT molecular complexity index is 1010. The van der Waals surface area contributed by atoms with Crippen LogP contribution in [0.3, 0.4) is 0 Å². The molecule has 2 aromatic carbocycles. The quantitative estimate of drug-likeness (QED) is 0.669. The number of nitrogens with one attached hydrogen (secondary N) is 1. The minimum absolute atomic E-state index is 0.128. The van der Waals surface area contributed by atoms with Crippen molar-refractivity contribution in [3.8, 4) is 5.75 Å². The van der Waals surface area contributed by atoms with E-state index in [1.807, 2.05) is 30.3 Å². The predicted molar refractivity (Wildman–Crippen MR) is 105 cm³/mol. The molecule has 0 saturated heterocycles. The van der Waals surface area contributed by atoms with E-state index in [9.17, 15) is 9.59 Å². The van der Waals surface area contributed by atoms with Crippen molar-refractivity contribution in [1.29, 1.82) is 0 Å². The number of carbonyl (C=O) groups excluding carboxylic acids is 2. The van der Waals surface area contributed by atoms with Gasteiger partial charge in [-0.05, 0) is 29.7 Å². The van der Waals surface area contributed by atoms with Gasteiger partial charge < -0.3 is 14.8 Å². The first-order chi connectivity index (χ1) is 13.0. The molecule has 0 unspecified atom stereocenters. The average molecular weight is 402 g/mol. The molecule has 0 aliphatic carbocycles. The van der Waals surface area contributed by atoms with Crippen molar-refractivity contribution in [2.45, 2.75) is 12.5 Å². The largest absolute Gasteiger partial charge is 0.486 e. The molecule has 1 aromatic heterocycles. The monoisotopic (exact) mass is 401 g/mol. The molecule has 2 heterocycles. The number of halogens is 1. The lowest BCUT2D eigenvalue weighted by atomic mass is 10.1. The molecule has 1 aliphatic rings. The summed E-state index contributed by atoms with van der Waals surface area (Å²) >= 11 is 7.69. The number of ether oxygens (including phenoxy) is 2. The van der Waals surface area contributed by atoms with Crippen LogP contribution in [0.1, 0.15) is 25.6 Å². The summed E-state index contributed by atoms with van der Waals surface area (Å²) in [7, 11) is 1.33. The number of methoxy groups -OCH3 is 1. The maximum Gasteiger partial charge on any atom is 0.337 e. The van der Waals surface area contributed by atoms with Gasteiger partial charge >= 0.3 is 5.97 Å². The molecule has 1 atom stereocenters. The summed E-state index contributed by atoms with van der Waals surface area (Å²) < 4.78 is 11.7. The predicted octanol–water partition coefficient (Wildman–Crippen LogP) is 4.07. The van der Waals surface area contributed by atoms with Crippen molar-refractivity contribution in [2.75, 3.05) is 13.7 Å². The van der Waals surface area contributed by atoms with Crippen LogP contribution in [0.25, 0.3) is 10.1 Å². The van der Waals surface area contributed by atoms with Crippen LogP contribution >= 0.6 is 22.9 Å². The SMILES string of the molecule is COC(=O)c1cc(Cl)c2c(c1)C[C@@H](CNC(=O)c1cc3ccccc3s1)O2. The highest BCUT2D eigenvalue weighted by molar-refractivity contribution is 7.20. The summed E-state index contributed by atoms with van der Waals surface area (Å²) in [4.78, 5) is 24.8. The summed E-state index contributed by atoms with van der Waals surface area (Å²) in [5, 5.41) is 4.34. The molecule has 1 amide bonds. The third kappa shape index (κ3) is 3.50. The molecule has 138 valence electrons. The highest BCUT2D eigenvalue weighted by Crippen LogP contribution is 2.37. The second kappa shape index (κ2) is 7.21. The minimum Gasteiger partial charge on any atom is -0.486 e. The van der Waals surface area contributed by atoms with Crippen molar-refractivity contribution in [2.24, 2.45) is 0 Å². The summed E-state index contributed by atoms with van der Waals surface area (Å²) in [6, 6.07) is 13.0. The number of esters is 1. The summed E-state index contributed by atoms with van der Waals surface area (Å²) in [5.41, 5.74) is 1.23. The molecule has 1 N–H and O–H groups in total. The smallest absolute Gasteiger partial charge is 0.337 e. The lowest BCUT2D eigenvalue weighted by molar-refractivity contribution is 0.0600. The fourth-order valence-corrected chi connectivity index (χ4v) is 4.39. The number of rotatable bonds is 4. The number of benzene rings is 2. The van der Waals surface area contributed by atoms with Gasteiger partial charge in [-0.15, -0.1) is 11.3 Å². The fourth-order valence-electron chi connectivity index (χ4n) is 3.12. The molecule has 1 aliphatic heterocycles.